The summed E-state index contributed by atoms with van der Waals surface area (Å²) in [5.41, 5.74) is 0.583. The van der Waals surface area contributed by atoms with Crippen molar-refractivity contribution in [1.29, 1.82) is 0 Å². The molecule has 2 amide bonds. The number of rotatable bonds is 6. The van der Waals surface area contributed by atoms with E-state index in [2.05, 4.69) is 20.5 Å². The van der Waals surface area contributed by atoms with Crippen LogP contribution in [0, 0.1) is 6.92 Å². The largest absolute Gasteiger partial charge is 0.484 e. The van der Waals surface area contributed by atoms with Crippen LogP contribution in [0.2, 0.25) is 0 Å². The molecule has 1 fully saturated rings. The Kier molecular flexibility index (Phi) is 5.74. The Morgan fingerprint density at radius 2 is 1.83 bits per heavy atom. The number of aromatic nitrogens is 3. The Morgan fingerprint density at radius 1 is 1.13 bits per heavy atom. The number of amides is 2. The van der Waals surface area contributed by atoms with Gasteiger partial charge in [0.1, 0.15) is 11.6 Å². The fraction of sp³-hybridized carbons (Fsp3) is 0.273. The second-order valence-corrected chi connectivity index (χ2v) is 7.21. The molecule has 2 atom stereocenters. The van der Waals surface area contributed by atoms with Crippen LogP contribution in [-0.4, -0.2) is 51.1 Å². The molecule has 2 heterocycles. The molecule has 0 aliphatic carbocycles. The molecule has 30 heavy (non-hydrogen) atoms. The van der Waals surface area contributed by atoms with Gasteiger partial charge in [0, 0.05) is 18.2 Å². The van der Waals surface area contributed by atoms with Crippen molar-refractivity contribution in [3.05, 3.63) is 77.9 Å². The number of carbonyl (C=O) groups is 2. The molecule has 3 aromatic rings. The number of nitrogens with one attached hydrogen (secondary N) is 2. The van der Waals surface area contributed by atoms with Crippen molar-refractivity contribution in [3.8, 4) is 5.75 Å². The molecule has 1 aliphatic heterocycles. The molecule has 8 heteroatoms. The van der Waals surface area contributed by atoms with Crippen LogP contribution >= 0.6 is 0 Å². The van der Waals surface area contributed by atoms with Crippen molar-refractivity contribution in [2.75, 3.05) is 13.2 Å². The molecular weight excluding hydrogens is 382 g/mol. The van der Waals surface area contributed by atoms with Crippen LogP contribution in [-0.2, 0) is 4.79 Å². The SMILES string of the molecule is Cc1nc([C@@H]2C[C@H](NC(=O)c3ccccc3)CN2C(=O)COc2ccccc2)n[nH]1. The second kappa shape index (κ2) is 8.77. The van der Waals surface area contributed by atoms with Gasteiger partial charge in [-0.3, -0.25) is 14.7 Å². The maximum Gasteiger partial charge on any atom is 0.261 e. The van der Waals surface area contributed by atoms with Gasteiger partial charge in [0.2, 0.25) is 0 Å². The third kappa shape index (κ3) is 4.48. The molecule has 2 aromatic carbocycles. The van der Waals surface area contributed by atoms with Gasteiger partial charge in [0.05, 0.1) is 6.04 Å². The maximum atomic E-state index is 12.9. The van der Waals surface area contributed by atoms with Gasteiger partial charge < -0.3 is 15.0 Å². The second-order valence-electron chi connectivity index (χ2n) is 7.21. The van der Waals surface area contributed by atoms with Crippen molar-refractivity contribution in [2.24, 2.45) is 0 Å². The highest BCUT2D eigenvalue weighted by atomic mass is 16.5. The van der Waals surface area contributed by atoms with Crippen LogP contribution < -0.4 is 10.1 Å². The predicted octanol–water partition coefficient (Wildman–Crippen LogP) is 2.26. The van der Waals surface area contributed by atoms with Gasteiger partial charge in [-0.15, -0.1) is 0 Å². The Labute approximate surface area is 174 Å². The summed E-state index contributed by atoms with van der Waals surface area (Å²) in [5, 5.41) is 10.1. The first-order valence-corrected chi connectivity index (χ1v) is 9.82. The minimum absolute atomic E-state index is 0.0940. The van der Waals surface area contributed by atoms with E-state index < -0.39 is 0 Å². The molecule has 0 bridgehead atoms. The lowest BCUT2D eigenvalue weighted by Crippen LogP contribution is -2.40. The van der Waals surface area contributed by atoms with Gasteiger partial charge in [0.25, 0.3) is 11.8 Å². The standard InChI is InChI=1S/C22H23N5O3/c1-15-23-21(26-25-15)19-12-17(24-22(29)16-8-4-2-5-9-16)13-27(19)20(28)14-30-18-10-6-3-7-11-18/h2-11,17,19H,12-14H2,1H3,(H,24,29)(H,23,25,26)/t17-,19-/m0/s1. The van der Waals surface area contributed by atoms with E-state index in [9.17, 15) is 9.59 Å². The van der Waals surface area contributed by atoms with Gasteiger partial charge in [-0.1, -0.05) is 36.4 Å². The average molecular weight is 405 g/mol. The molecule has 8 nitrogen and oxygen atoms in total. The number of H-pyrrole nitrogens is 1. The number of likely N-dealkylation sites (tertiary alicyclic amines) is 1. The number of benzene rings is 2. The quantitative estimate of drug-likeness (QED) is 0.655. The zero-order valence-corrected chi connectivity index (χ0v) is 16.6. The van der Waals surface area contributed by atoms with Crippen LogP contribution in [0.4, 0.5) is 0 Å². The molecule has 0 saturated carbocycles. The van der Waals surface area contributed by atoms with Crippen molar-refractivity contribution in [3.63, 3.8) is 0 Å². The van der Waals surface area contributed by atoms with Gasteiger partial charge in [-0.05, 0) is 37.6 Å². The minimum atomic E-state index is -0.331. The number of aryl methyl sites for hydroxylation is 1. The highest BCUT2D eigenvalue weighted by Crippen LogP contribution is 2.30. The molecule has 0 unspecified atom stereocenters. The highest BCUT2D eigenvalue weighted by Gasteiger charge is 2.39. The van der Waals surface area contributed by atoms with E-state index in [1.807, 2.05) is 43.3 Å². The van der Waals surface area contributed by atoms with Gasteiger partial charge in [0.15, 0.2) is 12.4 Å². The van der Waals surface area contributed by atoms with Crippen molar-refractivity contribution in [1.82, 2.24) is 25.4 Å². The topological polar surface area (TPSA) is 100 Å². The molecule has 0 spiro atoms. The van der Waals surface area contributed by atoms with Crippen LogP contribution in [0.25, 0.3) is 0 Å². The Morgan fingerprint density at radius 3 is 2.50 bits per heavy atom. The van der Waals surface area contributed by atoms with E-state index >= 15 is 0 Å². The highest BCUT2D eigenvalue weighted by molar-refractivity contribution is 5.94. The monoisotopic (exact) mass is 405 g/mol. The zero-order chi connectivity index (χ0) is 20.9. The first-order chi connectivity index (χ1) is 14.6. The van der Waals surface area contributed by atoms with Crippen molar-refractivity contribution >= 4 is 11.8 Å². The third-order valence-corrected chi connectivity index (χ3v) is 5.01. The lowest BCUT2D eigenvalue weighted by molar-refractivity contribution is -0.134. The number of hydrogen-bond donors (Lipinski definition) is 2. The normalized spacial score (nSPS) is 18.2. The molecule has 1 aromatic heterocycles. The molecule has 0 radical (unpaired) electrons. The Hall–Kier alpha value is -3.68. The molecule has 1 saturated heterocycles. The number of para-hydroxylation sites is 1. The van der Waals surface area contributed by atoms with E-state index in [0.717, 1.165) is 0 Å². The molecule has 4 rings (SSSR count). The summed E-state index contributed by atoms with van der Waals surface area (Å²) in [6, 6.07) is 17.7. The van der Waals surface area contributed by atoms with Crippen LogP contribution in [0.15, 0.2) is 60.7 Å². The summed E-state index contributed by atoms with van der Waals surface area (Å²) in [5.74, 6) is 1.50. The van der Waals surface area contributed by atoms with Crippen molar-refractivity contribution < 1.29 is 14.3 Å². The third-order valence-electron chi connectivity index (χ3n) is 5.01. The lowest BCUT2D eigenvalue weighted by Gasteiger charge is -2.22. The van der Waals surface area contributed by atoms with Gasteiger partial charge >= 0.3 is 0 Å². The lowest BCUT2D eigenvalue weighted by atomic mass is 10.1. The van der Waals surface area contributed by atoms with Crippen LogP contribution in [0.5, 0.6) is 5.75 Å². The number of carbonyl (C=O) groups excluding carboxylic acids is 2. The molecular formula is C22H23N5O3. The predicted molar refractivity (Wildman–Crippen MR) is 110 cm³/mol. The zero-order valence-electron chi connectivity index (χ0n) is 16.6. The first kappa shape index (κ1) is 19.6. The number of hydrogen-bond acceptors (Lipinski definition) is 5. The van der Waals surface area contributed by atoms with E-state index in [-0.39, 0.29) is 30.5 Å². The summed E-state index contributed by atoms with van der Waals surface area (Å²) in [6.07, 6.45) is 0.535. The molecule has 154 valence electrons. The summed E-state index contributed by atoms with van der Waals surface area (Å²) in [7, 11) is 0. The van der Waals surface area contributed by atoms with E-state index in [1.54, 1.807) is 29.2 Å². The number of aromatic amines is 1. The summed E-state index contributed by atoms with van der Waals surface area (Å²) < 4.78 is 5.63. The Bertz CT molecular complexity index is 1010. The van der Waals surface area contributed by atoms with E-state index in [1.165, 1.54) is 0 Å². The van der Waals surface area contributed by atoms with Gasteiger partial charge in [-0.25, -0.2) is 4.98 Å². The molecule has 1 aliphatic rings. The fourth-order valence-corrected chi connectivity index (χ4v) is 3.57. The number of ether oxygens (including phenoxy) is 1. The molecule has 2 N–H and O–H groups in total. The summed E-state index contributed by atoms with van der Waals surface area (Å²) in [6.45, 7) is 2.09. The smallest absolute Gasteiger partial charge is 0.261 e. The number of nitrogens with zero attached hydrogens (tertiary/aromatic N) is 3. The van der Waals surface area contributed by atoms with Crippen LogP contribution in [0.3, 0.4) is 0 Å². The summed E-state index contributed by atoms with van der Waals surface area (Å²) >= 11 is 0. The fourth-order valence-electron chi connectivity index (χ4n) is 3.57. The Balaban J connectivity index is 1.46. The average Bonchev–Trinajstić information content (AvgIpc) is 3.39. The van der Waals surface area contributed by atoms with E-state index in [0.29, 0.717) is 35.9 Å². The van der Waals surface area contributed by atoms with E-state index in [4.69, 9.17) is 4.74 Å². The van der Waals surface area contributed by atoms with Crippen LogP contribution in [0.1, 0.15) is 34.5 Å². The first-order valence-electron chi connectivity index (χ1n) is 9.82. The maximum absolute atomic E-state index is 12.9. The minimum Gasteiger partial charge on any atom is -0.484 e. The van der Waals surface area contributed by atoms with Gasteiger partial charge in [-0.2, -0.15) is 5.10 Å². The van der Waals surface area contributed by atoms with Crippen molar-refractivity contribution in [2.45, 2.75) is 25.4 Å². The summed E-state index contributed by atoms with van der Waals surface area (Å²) in [4.78, 5) is 31.6.